The summed E-state index contributed by atoms with van der Waals surface area (Å²) < 4.78 is 0. The predicted octanol–water partition coefficient (Wildman–Crippen LogP) is 3.59. The number of hydrogen-bond acceptors (Lipinski definition) is 3. The first-order valence-corrected chi connectivity index (χ1v) is 8.17. The number of allylic oxidation sites excluding steroid dienone is 2. The lowest BCUT2D eigenvalue weighted by Crippen LogP contribution is -2.30. The summed E-state index contributed by atoms with van der Waals surface area (Å²) in [6, 6.07) is 2.91. The van der Waals surface area contributed by atoms with Gasteiger partial charge in [0.05, 0.1) is 12.0 Å². The van der Waals surface area contributed by atoms with Gasteiger partial charge in [0.25, 0.3) is 0 Å². The van der Waals surface area contributed by atoms with Crippen molar-refractivity contribution in [2.75, 3.05) is 0 Å². The Bertz CT molecular complexity index is 388. The SMILES string of the molecule is N#CC1CCC2=C(C1)CC(C1CCC(N)CC1)S2. The summed E-state index contributed by atoms with van der Waals surface area (Å²) in [5.74, 6) is 1.17. The van der Waals surface area contributed by atoms with Crippen molar-refractivity contribution in [1.82, 2.24) is 0 Å². The topological polar surface area (TPSA) is 49.8 Å². The van der Waals surface area contributed by atoms with Crippen molar-refractivity contribution in [3.05, 3.63) is 10.5 Å². The highest BCUT2D eigenvalue weighted by Gasteiger charge is 2.35. The number of nitrogens with two attached hydrogens (primary N) is 1. The summed E-state index contributed by atoms with van der Waals surface area (Å²) in [5.41, 5.74) is 7.62. The second kappa shape index (κ2) is 5.27. The molecule has 2 unspecified atom stereocenters. The van der Waals surface area contributed by atoms with E-state index in [1.165, 1.54) is 38.5 Å². The molecule has 0 bridgehead atoms. The first kappa shape index (κ1) is 12.6. The Morgan fingerprint density at radius 2 is 1.89 bits per heavy atom. The maximum atomic E-state index is 9.06. The third-order valence-electron chi connectivity index (χ3n) is 4.87. The molecule has 0 amide bonds. The van der Waals surface area contributed by atoms with Gasteiger partial charge < -0.3 is 5.73 Å². The van der Waals surface area contributed by atoms with Crippen molar-refractivity contribution >= 4 is 11.8 Å². The molecular formula is C15H22N2S. The van der Waals surface area contributed by atoms with Crippen LogP contribution >= 0.6 is 11.8 Å². The van der Waals surface area contributed by atoms with Crippen molar-refractivity contribution in [1.29, 1.82) is 5.26 Å². The van der Waals surface area contributed by atoms with Crippen LogP contribution in [-0.2, 0) is 0 Å². The average Bonchev–Trinajstić information content (AvgIpc) is 2.82. The lowest BCUT2D eigenvalue weighted by Gasteiger charge is -2.30. The number of nitriles is 1. The Labute approximate surface area is 114 Å². The lowest BCUT2D eigenvalue weighted by molar-refractivity contribution is 0.318. The molecule has 0 spiro atoms. The van der Waals surface area contributed by atoms with Crippen molar-refractivity contribution in [3.8, 4) is 6.07 Å². The summed E-state index contributed by atoms with van der Waals surface area (Å²) in [6.45, 7) is 0. The molecule has 2 N–H and O–H groups in total. The molecule has 0 aromatic carbocycles. The van der Waals surface area contributed by atoms with Crippen molar-refractivity contribution in [3.63, 3.8) is 0 Å². The van der Waals surface area contributed by atoms with Crippen LogP contribution in [0.4, 0.5) is 0 Å². The lowest BCUT2D eigenvalue weighted by atomic mass is 9.81. The quantitative estimate of drug-likeness (QED) is 0.785. The largest absolute Gasteiger partial charge is 0.328 e. The molecule has 18 heavy (non-hydrogen) atoms. The fourth-order valence-corrected chi connectivity index (χ4v) is 5.38. The van der Waals surface area contributed by atoms with Crippen LogP contribution in [0.2, 0.25) is 0 Å². The second-order valence-corrected chi connectivity index (χ2v) is 7.46. The molecule has 2 atom stereocenters. The number of thioether (sulfide) groups is 1. The molecule has 0 aromatic rings. The maximum absolute atomic E-state index is 9.06. The molecule has 3 heteroatoms. The zero-order valence-electron chi connectivity index (χ0n) is 10.9. The van der Waals surface area contributed by atoms with E-state index in [0.717, 1.165) is 24.0 Å². The van der Waals surface area contributed by atoms with E-state index < -0.39 is 0 Å². The van der Waals surface area contributed by atoms with Crippen molar-refractivity contribution < 1.29 is 0 Å². The summed E-state index contributed by atoms with van der Waals surface area (Å²) in [4.78, 5) is 1.64. The van der Waals surface area contributed by atoms with Crippen LogP contribution in [0.5, 0.6) is 0 Å². The summed E-state index contributed by atoms with van der Waals surface area (Å²) >= 11 is 2.14. The van der Waals surface area contributed by atoms with Gasteiger partial charge in [0, 0.05) is 11.3 Å². The molecule has 98 valence electrons. The van der Waals surface area contributed by atoms with Gasteiger partial charge in [-0.15, -0.1) is 11.8 Å². The number of rotatable bonds is 1. The van der Waals surface area contributed by atoms with E-state index in [2.05, 4.69) is 17.8 Å². The molecule has 0 radical (unpaired) electrons. The minimum Gasteiger partial charge on any atom is -0.328 e. The number of hydrogen-bond donors (Lipinski definition) is 1. The van der Waals surface area contributed by atoms with Gasteiger partial charge in [-0.2, -0.15) is 5.26 Å². The standard InChI is InChI=1S/C15H22N2S/c16-9-10-1-6-14-12(7-10)8-15(18-14)11-2-4-13(17)5-3-11/h10-11,13,15H,1-8,17H2. The van der Waals surface area contributed by atoms with Crippen molar-refractivity contribution in [2.24, 2.45) is 17.6 Å². The Morgan fingerprint density at radius 3 is 2.61 bits per heavy atom. The van der Waals surface area contributed by atoms with E-state index in [9.17, 15) is 0 Å². The third-order valence-corrected chi connectivity index (χ3v) is 6.50. The van der Waals surface area contributed by atoms with Crippen LogP contribution in [0.15, 0.2) is 10.5 Å². The van der Waals surface area contributed by atoms with Crippen LogP contribution < -0.4 is 5.73 Å². The highest BCUT2D eigenvalue weighted by molar-refractivity contribution is 8.04. The van der Waals surface area contributed by atoms with Gasteiger partial charge in [-0.05, 0) is 62.2 Å². The minimum absolute atomic E-state index is 0.294. The van der Waals surface area contributed by atoms with E-state index in [-0.39, 0.29) is 0 Å². The molecule has 2 nitrogen and oxygen atoms in total. The molecule has 0 aromatic heterocycles. The molecule has 3 rings (SSSR count). The molecule has 1 saturated carbocycles. The first-order valence-electron chi connectivity index (χ1n) is 7.29. The Balaban J connectivity index is 1.59. The van der Waals surface area contributed by atoms with Crippen LogP contribution in [0.3, 0.4) is 0 Å². The summed E-state index contributed by atoms with van der Waals surface area (Å²) in [5, 5.41) is 9.87. The number of nitrogens with zero attached hydrogens (tertiary/aromatic N) is 1. The Morgan fingerprint density at radius 1 is 1.11 bits per heavy atom. The normalized spacial score (nSPS) is 40.4. The maximum Gasteiger partial charge on any atom is 0.0659 e. The molecule has 1 fully saturated rings. The van der Waals surface area contributed by atoms with Crippen LogP contribution in [-0.4, -0.2) is 11.3 Å². The van der Waals surface area contributed by atoms with E-state index >= 15 is 0 Å². The average molecular weight is 262 g/mol. The Kier molecular flexibility index (Phi) is 3.68. The smallest absolute Gasteiger partial charge is 0.0659 e. The first-order chi connectivity index (χ1) is 8.76. The fraction of sp³-hybridized carbons (Fsp3) is 0.800. The van der Waals surface area contributed by atoms with Gasteiger partial charge in [-0.25, -0.2) is 0 Å². The van der Waals surface area contributed by atoms with E-state index in [1.54, 1.807) is 10.5 Å². The van der Waals surface area contributed by atoms with Gasteiger partial charge in [-0.3, -0.25) is 0 Å². The molecule has 0 saturated heterocycles. The zero-order valence-corrected chi connectivity index (χ0v) is 11.7. The van der Waals surface area contributed by atoms with Crippen LogP contribution in [0.25, 0.3) is 0 Å². The molecular weight excluding hydrogens is 240 g/mol. The summed E-state index contributed by atoms with van der Waals surface area (Å²) in [7, 11) is 0. The minimum atomic E-state index is 0.294. The fourth-order valence-electron chi connectivity index (χ4n) is 3.69. The zero-order chi connectivity index (χ0) is 12.5. The van der Waals surface area contributed by atoms with Gasteiger partial charge in [-0.1, -0.05) is 5.57 Å². The van der Waals surface area contributed by atoms with Crippen molar-refractivity contribution in [2.45, 2.75) is 62.7 Å². The van der Waals surface area contributed by atoms with E-state index in [1.807, 2.05) is 0 Å². The van der Waals surface area contributed by atoms with E-state index in [4.69, 9.17) is 11.0 Å². The molecule has 1 aliphatic heterocycles. The van der Waals surface area contributed by atoms with Gasteiger partial charge in [0.15, 0.2) is 0 Å². The highest BCUT2D eigenvalue weighted by atomic mass is 32.2. The van der Waals surface area contributed by atoms with E-state index in [0.29, 0.717) is 12.0 Å². The monoisotopic (exact) mass is 262 g/mol. The molecule has 3 aliphatic rings. The highest BCUT2D eigenvalue weighted by Crippen LogP contribution is 2.50. The predicted molar refractivity (Wildman–Crippen MR) is 75.9 cm³/mol. The molecule has 1 heterocycles. The van der Waals surface area contributed by atoms with Crippen LogP contribution in [0, 0.1) is 23.2 Å². The Hall–Kier alpha value is -0.460. The third kappa shape index (κ3) is 2.46. The molecule has 2 aliphatic carbocycles. The van der Waals surface area contributed by atoms with Gasteiger partial charge in [0.1, 0.15) is 0 Å². The second-order valence-electron chi connectivity index (χ2n) is 6.13. The van der Waals surface area contributed by atoms with Gasteiger partial charge in [0.2, 0.25) is 0 Å². The van der Waals surface area contributed by atoms with Crippen LogP contribution in [0.1, 0.15) is 51.4 Å². The van der Waals surface area contributed by atoms with Gasteiger partial charge >= 0.3 is 0 Å². The summed E-state index contributed by atoms with van der Waals surface area (Å²) in [6.07, 6.45) is 9.65.